The molecular formula is C13H18FN3OS. The summed E-state index contributed by atoms with van der Waals surface area (Å²) in [6.45, 7) is 2.84. The molecule has 0 amide bonds. The predicted molar refractivity (Wildman–Crippen MR) is 76.5 cm³/mol. The lowest BCUT2D eigenvalue weighted by atomic mass is 10.3. The summed E-state index contributed by atoms with van der Waals surface area (Å²) in [4.78, 5) is 5.07. The molecule has 6 heteroatoms. The Balaban J connectivity index is 2.00. The number of halogens is 1. The van der Waals surface area contributed by atoms with Crippen molar-refractivity contribution < 1.29 is 9.13 Å². The van der Waals surface area contributed by atoms with Gasteiger partial charge in [0.25, 0.3) is 0 Å². The average molecular weight is 283 g/mol. The summed E-state index contributed by atoms with van der Waals surface area (Å²) in [5, 5.41) is 0. The summed E-state index contributed by atoms with van der Waals surface area (Å²) in [7, 11) is 4.02. The molecule has 0 bridgehead atoms. The van der Waals surface area contributed by atoms with Crippen molar-refractivity contribution in [2.75, 3.05) is 33.9 Å². The number of imidazole rings is 1. The first-order valence-corrected chi connectivity index (χ1v) is 6.59. The lowest BCUT2D eigenvalue weighted by Gasteiger charge is -2.10. The SMILES string of the molecule is CN(C)CCOCCn1c(=S)[nH]c2cc(F)ccc21. The van der Waals surface area contributed by atoms with Gasteiger partial charge >= 0.3 is 0 Å². The molecule has 1 aromatic carbocycles. The molecule has 2 aromatic rings. The molecule has 0 saturated heterocycles. The number of nitrogens with one attached hydrogen (secondary N) is 1. The predicted octanol–water partition coefficient (Wildman–Crippen LogP) is 2.42. The molecule has 0 aliphatic heterocycles. The first kappa shape index (κ1) is 14.2. The maximum Gasteiger partial charge on any atom is 0.178 e. The Morgan fingerprint density at radius 1 is 1.37 bits per heavy atom. The zero-order valence-corrected chi connectivity index (χ0v) is 12.0. The van der Waals surface area contributed by atoms with Crippen LogP contribution in [0.25, 0.3) is 11.0 Å². The van der Waals surface area contributed by atoms with Gasteiger partial charge in [-0.15, -0.1) is 0 Å². The first-order chi connectivity index (χ1) is 9.08. The summed E-state index contributed by atoms with van der Waals surface area (Å²) in [5.74, 6) is -0.266. The second-order valence-electron chi connectivity index (χ2n) is 4.66. The van der Waals surface area contributed by atoms with Gasteiger partial charge in [0, 0.05) is 13.1 Å². The Hall–Kier alpha value is -1.24. The highest BCUT2D eigenvalue weighted by Crippen LogP contribution is 2.15. The molecule has 0 fully saturated rings. The maximum absolute atomic E-state index is 13.1. The second kappa shape index (κ2) is 6.27. The van der Waals surface area contributed by atoms with Gasteiger partial charge in [0.15, 0.2) is 4.77 Å². The smallest absolute Gasteiger partial charge is 0.178 e. The number of aromatic amines is 1. The lowest BCUT2D eigenvalue weighted by Crippen LogP contribution is -2.19. The highest BCUT2D eigenvalue weighted by Gasteiger charge is 2.05. The highest BCUT2D eigenvalue weighted by atomic mass is 32.1. The molecule has 19 heavy (non-hydrogen) atoms. The van der Waals surface area contributed by atoms with Crippen LogP contribution in [0, 0.1) is 10.6 Å². The molecule has 4 nitrogen and oxygen atoms in total. The van der Waals surface area contributed by atoms with Gasteiger partial charge in [-0.1, -0.05) is 0 Å². The molecule has 2 rings (SSSR count). The van der Waals surface area contributed by atoms with Crippen LogP contribution in [0.3, 0.4) is 0 Å². The number of likely N-dealkylation sites (N-methyl/N-ethyl adjacent to an activating group) is 1. The summed E-state index contributed by atoms with van der Waals surface area (Å²) in [6, 6.07) is 4.62. The summed E-state index contributed by atoms with van der Waals surface area (Å²) in [5.41, 5.74) is 1.63. The molecule has 0 unspecified atom stereocenters. The largest absolute Gasteiger partial charge is 0.378 e. The average Bonchev–Trinajstić information content (AvgIpc) is 2.64. The van der Waals surface area contributed by atoms with Crippen LogP contribution in [0.2, 0.25) is 0 Å². The van der Waals surface area contributed by atoms with Crippen LogP contribution in [0.15, 0.2) is 18.2 Å². The van der Waals surface area contributed by atoms with Crippen molar-refractivity contribution in [3.8, 4) is 0 Å². The zero-order chi connectivity index (χ0) is 13.8. The van der Waals surface area contributed by atoms with Crippen LogP contribution in [0.4, 0.5) is 4.39 Å². The second-order valence-corrected chi connectivity index (χ2v) is 5.05. The van der Waals surface area contributed by atoms with E-state index in [4.69, 9.17) is 17.0 Å². The molecule has 1 aromatic heterocycles. The van der Waals surface area contributed by atoms with Crippen molar-refractivity contribution in [1.29, 1.82) is 0 Å². The van der Waals surface area contributed by atoms with Crippen LogP contribution < -0.4 is 0 Å². The molecular weight excluding hydrogens is 265 g/mol. The van der Waals surface area contributed by atoms with E-state index >= 15 is 0 Å². The molecule has 0 saturated carbocycles. The van der Waals surface area contributed by atoms with Gasteiger partial charge in [0.2, 0.25) is 0 Å². The van der Waals surface area contributed by atoms with Crippen molar-refractivity contribution in [3.63, 3.8) is 0 Å². The van der Waals surface area contributed by atoms with Crippen LogP contribution in [-0.2, 0) is 11.3 Å². The number of nitrogens with zero attached hydrogens (tertiary/aromatic N) is 2. The van der Waals surface area contributed by atoms with Crippen molar-refractivity contribution in [2.24, 2.45) is 0 Å². The number of fused-ring (bicyclic) bond motifs is 1. The van der Waals surface area contributed by atoms with Gasteiger partial charge in [-0.05, 0) is 44.5 Å². The molecule has 0 spiro atoms. The maximum atomic E-state index is 13.1. The fourth-order valence-corrected chi connectivity index (χ4v) is 2.16. The van der Waals surface area contributed by atoms with E-state index in [1.807, 2.05) is 18.7 Å². The first-order valence-electron chi connectivity index (χ1n) is 6.18. The monoisotopic (exact) mass is 283 g/mol. The fraction of sp³-hybridized carbons (Fsp3) is 0.462. The topological polar surface area (TPSA) is 33.2 Å². The number of H-pyrrole nitrogens is 1. The summed E-state index contributed by atoms with van der Waals surface area (Å²) in [6.07, 6.45) is 0. The quantitative estimate of drug-likeness (QED) is 0.653. The number of hydrogen-bond acceptors (Lipinski definition) is 3. The Morgan fingerprint density at radius 2 is 2.16 bits per heavy atom. The molecule has 1 N–H and O–H groups in total. The third-order valence-electron chi connectivity index (χ3n) is 2.88. The van der Waals surface area contributed by atoms with Crippen LogP contribution >= 0.6 is 12.2 Å². The Labute approximate surface area is 116 Å². The molecule has 0 aliphatic rings. The third-order valence-corrected chi connectivity index (χ3v) is 3.20. The van der Waals surface area contributed by atoms with Gasteiger partial charge in [0.05, 0.1) is 24.2 Å². The summed E-state index contributed by atoms with van der Waals surface area (Å²) < 4.78 is 21.2. The van der Waals surface area contributed by atoms with E-state index in [0.29, 0.717) is 24.5 Å². The van der Waals surface area contributed by atoms with E-state index in [9.17, 15) is 4.39 Å². The number of benzene rings is 1. The van der Waals surface area contributed by atoms with E-state index in [1.54, 1.807) is 6.07 Å². The van der Waals surface area contributed by atoms with Gasteiger partial charge < -0.3 is 19.2 Å². The van der Waals surface area contributed by atoms with Crippen LogP contribution in [-0.4, -0.2) is 48.3 Å². The Bertz CT molecular complexity index is 605. The van der Waals surface area contributed by atoms with Gasteiger partial charge in [0.1, 0.15) is 5.82 Å². The minimum Gasteiger partial charge on any atom is -0.378 e. The normalized spacial score (nSPS) is 11.6. The third kappa shape index (κ3) is 3.62. The number of ether oxygens (including phenoxy) is 1. The van der Waals surface area contributed by atoms with Crippen LogP contribution in [0.1, 0.15) is 0 Å². The van der Waals surface area contributed by atoms with Crippen LogP contribution in [0.5, 0.6) is 0 Å². The zero-order valence-electron chi connectivity index (χ0n) is 11.1. The molecule has 0 radical (unpaired) electrons. The number of rotatable bonds is 6. The Morgan fingerprint density at radius 3 is 2.89 bits per heavy atom. The Kier molecular flexibility index (Phi) is 4.68. The molecule has 0 atom stereocenters. The van der Waals surface area contributed by atoms with E-state index < -0.39 is 0 Å². The minimum atomic E-state index is -0.266. The van der Waals surface area contributed by atoms with E-state index in [1.165, 1.54) is 12.1 Å². The lowest BCUT2D eigenvalue weighted by molar-refractivity contribution is 0.111. The van der Waals surface area contributed by atoms with E-state index in [0.717, 1.165) is 17.6 Å². The van der Waals surface area contributed by atoms with Gasteiger partial charge in [-0.3, -0.25) is 0 Å². The molecule has 1 heterocycles. The van der Waals surface area contributed by atoms with Gasteiger partial charge in [-0.2, -0.15) is 0 Å². The fourth-order valence-electron chi connectivity index (χ4n) is 1.86. The highest BCUT2D eigenvalue weighted by molar-refractivity contribution is 7.71. The van der Waals surface area contributed by atoms with E-state index in [-0.39, 0.29) is 5.82 Å². The van der Waals surface area contributed by atoms with Gasteiger partial charge in [-0.25, -0.2) is 4.39 Å². The van der Waals surface area contributed by atoms with E-state index in [2.05, 4.69) is 9.88 Å². The van der Waals surface area contributed by atoms with Crippen molar-refractivity contribution >= 4 is 23.3 Å². The van der Waals surface area contributed by atoms with Crippen molar-refractivity contribution in [3.05, 3.63) is 28.8 Å². The standard InChI is InChI=1S/C13H18FN3OS/c1-16(2)5-7-18-8-6-17-12-4-3-10(14)9-11(12)15-13(17)19/h3-4,9H,5-8H2,1-2H3,(H,15,19). The number of aromatic nitrogens is 2. The summed E-state index contributed by atoms with van der Waals surface area (Å²) >= 11 is 5.24. The molecule has 0 aliphatic carbocycles. The van der Waals surface area contributed by atoms with Crippen molar-refractivity contribution in [1.82, 2.24) is 14.5 Å². The molecule has 104 valence electrons. The number of hydrogen-bond donors (Lipinski definition) is 1. The minimum absolute atomic E-state index is 0.266. The van der Waals surface area contributed by atoms with Crippen molar-refractivity contribution in [2.45, 2.75) is 6.54 Å².